The zero-order valence-corrected chi connectivity index (χ0v) is 29.8. The number of sulfonamides is 1. The predicted molar refractivity (Wildman–Crippen MR) is 193 cm³/mol. The molecule has 1 heterocycles. The number of anilines is 2. The van der Waals surface area contributed by atoms with Gasteiger partial charge >= 0.3 is 0 Å². The van der Waals surface area contributed by atoms with Gasteiger partial charge in [0.25, 0.3) is 21.6 Å². The van der Waals surface area contributed by atoms with Crippen LogP contribution in [0.5, 0.6) is 0 Å². The molecule has 11 nitrogen and oxygen atoms in total. The normalized spacial score (nSPS) is 15.2. The highest BCUT2D eigenvalue weighted by Crippen LogP contribution is 2.33. The second-order valence-corrected chi connectivity index (χ2v) is 15.2. The third kappa shape index (κ3) is 10.2. The molecule has 0 aliphatic carbocycles. The fourth-order valence-corrected chi connectivity index (χ4v) is 7.77. The quantitative estimate of drug-likeness (QED) is 0.0926. The van der Waals surface area contributed by atoms with Gasteiger partial charge in [0.15, 0.2) is 0 Å². The first kappa shape index (κ1) is 37.2. The smallest absolute Gasteiger partial charge is 0.293 e. The summed E-state index contributed by atoms with van der Waals surface area (Å²) < 4.78 is 34.5. The Kier molecular flexibility index (Phi) is 13.3. The van der Waals surface area contributed by atoms with Crippen LogP contribution >= 0.6 is 11.8 Å². The zero-order valence-electron chi connectivity index (χ0n) is 28.2. The Balaban J connectivity index is 1.43. The van der Waals surface area contributed by atoms with Crippen LogP contribution in [0.4, 0.5) is 17.1 Å². The van der Waals surface area contributed by atoms with Gasteiger partial charge in [0.05, 0.1) is 15.4 Å². The molecule has 3 aromatic carbocycles. The van der Waals surface area contributed by atoms with Crippen molar-refractivity contribution in [2.75, 3.05) is 56.8 Å². The van der Waals surface area contributed by atoms with E-state index in [2.05, 4.69) is 21.9 Å². The van der Waals surface area contributed by atoms with Crippen molar-refractivity contribution in [3.8, 4) is 0 Å². The molecule has 1 amide bonds. The summed E-state index contributed by atoms with van der Waals surface area (Å²) in [6.07, 6.45) is 5.82. The summed E-state index contributed by atoms with van der Waals surface area (Å²) in [7, 11) is 1.31. The third-order valence-electron chi connectivity index (χ3n) is 8.77. The van der Waals surface area contributed by atoms with Crippen molar-refractivity contribution in [2.45, 2.75) is 66.9 Å². The number of amides is 1. The molecule has 0 radical (unpaired) electrons. The van der Waals surface area contributed by atoms with E-state index in [1.54, 1.807) is 31.0 Å². The van der Waals surface area contributed by atoms with Crippen LogP contribution in [0.15, 0.2) is 82.6 Å². The van der Waals surface area contributed by atoms with E-state index in [0.717, 1.165) is 68.4 Å². The van der Waals surface area contributed by atoms with E-state index in [9.17, 15) is 23.3 Å². The number of unbranched alkanes of at least 4 members (excludes halogenated alkanes) is 1. The number of nitrogens with zero attached hydrogens (tertiary/aromatic N) is 3. The van der Waals surface area contributed by atoms with E-state index in [0.29, 0.717) is 12.2 Å². The second kappa shape index (κ2) is 17.1. The summed E-state index contributed by atoms with van der Waals surface area (Å²) in [5.74, 6) is -0.168. The average Bonchev–Trinajstić information content (AvgIpc) is 3.09. The minimum absolute atomic E-state index is 0.0980. The Labute approximate surface area is 288 Å². The fraction of sp³-hybridized carbons (Fsp3) is 0.457. The number of carbonyl (C=O) groups is 1. The Morgan fingerprint density at radius 3 is 2.38 bits per heavy atom. The van der Waals surface area contributed by atoms with E-state index >= 15 is 0 Å². The first-order valence-corrected chi connectivity index (χ1v) is 18.8. The number of nitro benzene ring substituents is 1. The highest BCUT2D eigenvalue weighted by atomic mass is 32.2. The number of nitrogens with one attached hydrogen (secondary N) is 2. The van der Waals surface area contributed by atoms with Crippen molar-refractivity contribution >= 4 is 44.8 Å². The van der Waals surface area contributed by atoms with Crippen molar-refractivity contribution in [3.63, 3.8) is 0 Å². The highest BCUT2D eigenvalue weighted by Gasteiger charge is 2.34. The SMILES string of the molecule is CCCCC1(OC)CCN(c2ccc(C(=O)NS(=O)(=O)c3ccc(NC(CCN(C)C)CSc4ccccc4)c([N+](=O)[O-])c3)cc2)CC1. The van der Waals surface area contributed by atoms with Crippen molar-refractivity contribution in [3.05, 3.63) is 88.5 Å². The van der Waals surface area contributed by atoms with E-state index in [1.165, 1.54) is 12.1 Å². The van der Waals surface area contributed by atoms with Crippen LogP contribution in [0, 0.1) is 10.1 Å². The molecule has 1 aliphatic rings. The molecule has 3 aromatic rings. The van der Waals surface area contributed by atoms with Crippen LogP contribution in [0.3, 0.4) is 0 Å². The number of rotatable bonds is 17. The lowest BCUT2D eigenvalue weighted by Crippen LogP contribution is -2.45. The number of methoxy groups -OCH3 is 1. The molecular weight excluding hydrogens is 651 g/mol. The number of carbonyl (C=O) groups excluding carboxylic acids is 1. The monoisotopic (exact) mass is 697 g/mol. The summed E-state index contributed by atoms with van der Waals surface area (Å²) in [5.41, 5.74) is 0.839. The van der Waals surface area contributed by atoms with E-state index in [4.69, 9.17) is 4.74 Å². The molecule has 4 rings (SSSR count). The van der Waals surface area contributed by atoms with Crippen molar-refractivity contribution < 1.29 is 22.9 Å². The standard InChI is InChI=1S/C35H47N5O6S2/c1-5-6-19-35(46-4)20-23-39(24-21-35)29-14-12-27(13-15-29)34(41)37-48(44,45)31-16-17-32(33(25-31)40(42)43)36-28(18-22-38(2)3)26-47-30-10-8-7-9-11-30/h7-17,25,28,36H,5-6,18-24,26H2,1-4H3,(H,37,41). The van der Waals surface area contributed by atoms with Crippen LogP contribution in [0.2, 0.25) is 0 Å². The van der Waals surface area contributed by atoms with Gasteiger partial charge < -0.3 is 19.9 Å². The summed E-state index contributed by atoms with van der Waals surface area (Å²) in [4.78, 5) is 29.5. The maximum atomic E-state index is 13.2. The molecule has 0 bridgehead atoms. The van der Waals surface area contributed by atoms with Crippen LogP contribution in [-0.2, 0) is 14.8 Å². The number of nitro groups is 1. The molecule has 1 aliphatic heterocycles. The van der Waals surface area contributed by atoms with Gasteiger partial charge in [0.1, 0.15) is 5.69 Å². The van der Waals surface area contributed by atoms with Crippen molar-refractivity contribution in [2.24, 2.45) is 0 Å². The lowest BCUT2D eigenvalue weighted by atomic mass is 9.86. The van der Waals surface area contributed by atoms with Crippen molar-refractivity contribution in [1.82, 2.24) is 9.62 Å². The van der Waals surface area contributed by atoms with Crippen LogP contribution in [0.25, 0.3) is 0 Å². The predicted octanol–water partition coefficient (Wildman–Crippen LogP) is 6.41. The van der Waals surface area contributed by atoms with E-state index in [1.807, 2.05) is 61.5 Å². The van der Waals surface area contributed by atoms with Crippen LogP contribution < -0.4 is 14.9 Å². The molecule has 1 saturated heterocycles. The molecule has 1 unspecified atom stereocenters. The first-order chi connectivity index (χ1) is 22.9. The number of benzene rings is 3. The second-order valence-electron chi connectivity index (χ2n) is 12.5. The van der Waals surface area contributed by atoms with Gasteiger partial charge in [-0.2, -0.15) is 0 Å². The third-order valence-corrected chi connectivity index (χ3v) is 11.3. The van der Waals surface area contributed by atoms with Gasteiger partial charge in [0, 0.05) is 54.2 Å². The molecule has 2 N–H and O–H groups in total. The minimum atomic E-state index is -4.40. The van der Waals surface area contributed by atoms with Crippen LogP contribution in [-0.4, -0.2) is 82.4 Å². The Morgan fingerprint density at radius 1 is 1.08 bits per heavy atom. The molecule has 48 heavy (non-hydrogen) atoms. The minimum Gasteiger partial charge on any atom is -0.378 e. The molecule has 260 valence electrons. The van der Waals surface area contributed by atoms with E-state index in [-0.39, 0.29) is 33.5 Å². The largest absolute Gasteiger partial charge is 0.378 e. The maximum Gasteiger partial charge on any atom is 0.293 e. The summed E-state index contributed by atoms with van der Waals surface area (Å²) in [5, 5.41) is 15.4. The Bertz CT molecular complexity index is 1610. The van der Waals surface area contributed by atoms with Gasteiger partial charge in [-0.15, -0.1) is 11.8 Å². The summed E-state index contributed by atoms with van der Waals surface area (Å²) in [6, 6.07) is 20.2. The maximum absolute atomic E-state index is 13.2. The Morgan fingerprint density at radius 2 is 1.77 bits per heavy atom. The number of thioether (sulfide) groups is 1. The van der Waals surface area contributed by atoms with Gasteiger partial charge in [0.2, 0.25) is 0 Å². The molecule has 0 spiro atoms. The summed E-state index contributed by atoms with van der Waals surface area (Å²) in [6.45, 7) is 4.58. The number of hydrogen-bond donors (Lipinski definition) is 2. The zero-order chi connectivity index (χ0) is 34.7. The van der Waals surface area contributed by atoms with Crippen molar-refractivity contribution in [1.29, 1.82) is 0 Å². The average molecular weight is 698 g/mol. The first-order valence-electron chi connectivity index (χ1n) is 16.3. The van der Waals surface area contributed by atoms with E-state index < -0.39 is 20.9 Å². The number of piperidine rings is 1. The van der Waals surface area contributed by atoms with Crippen LogP contribution in [0.1, 0.15) is 55.8 Å². The van der Waals surface area contributed by atoms with Gasteiger partial charge in [-0.25, -0.2) is 13.1 Å². The molecule has 0 aromatic heterocycles. The summed E-state index contributed by atoms with van der Waals surface area (Å²) >= 11 is 1.64. The lowest BCUT2D eigenvalue weighted by Gasteiger charge is -2.42. The van der Waals surface area contributed by atoms with Gasteiger partial charge in [-0.3, -0.25) is 14.9 Å². The molecule has 0 saturated carbocycles. The molecular formula is C35H47N5O6S2. The molecule has 13 heteroatoms. The highest BCUT2D eigenvalue weighted by molar-refractivity contribution is 7.99. The molecule has 1 atom stereocenters. The molecule has 1 fully saturated rings. The topological polar surface area (TPSA) is 134 Å². The number of hydrogen-bond acceptors (Lipinski definition) is 10. The van der Waals surface area contributed by atoms with Gasteiger partial charge in [-0.05, 0) is 94.9 Å². The fourth-order valence-electron chi connectivity index (χ4n) is 5.79. The Hall–Kier alpha value is -3.65. The lowest BCUT2D eigenvalue weighted by molar-refractivity contribution is -0.384. The number of ether oxygens (including phenoxy) is 1. The van der Waals surface area contributed by atoms with Gasteiger partial charge in [-0.1, -0.05) is 38.0 Å².